The van der Waals surface area contributed by atoms with Gasteiger partial charge in [0.15, 0.2) is 5.58 Å². The van der Waals surface area contributed by atoms with Crippen molar-refractivity contribution in [3.63, 3.8) is 0 Å². The summed E-state index contributed by atoms with van der Waals surface area (Å²) in [5.74, 6) is 0. The van der Waals surface area contributed by atoms with Crippen molar-refractivity contribution in [2.45, 2.75) is 25.0 Å². The molecule has 2 aromatic heterocycles. The summed E-state index contributed by atoms with van der Waals surface area (Å²) in [4.78, 5) is 7.02. The van der Waals surface area contributed by atoms with Crippen LogP contribution in [0.15, 0.2) is 53.1 Å². The summed E-state index contributed by atoms with van der Waals surface area (Å²) in [7, 11) is 2.07. The lowest BCUT2D eigenvalue weighted by Gasteiger charge is -2.30. The van der Waals surface area contributed by atoms with Gasteiger partial charge in [0.05, 0.1) is 12.2 Å². The van der Waals surface area contributed by atoms with Crippen LogP contribution in [0.4, 0.5) is 6.01 Å². The van der Waals surface area contributed by atoms with Crippen molar-refractivity contribution in [2.24, 2.45) is 7.05 Å². The van der Waals surface area contributed by atoms with E-state index >= 15 is 0 Å². The van der Waals surface area contributed by atoms with Gasteiger partial charge in [-0.15, -0.1) is 0 Å². The average Bonchev–Trinajstić information content (AvgIpc) is 3.38. The maximum atomic E-state index is 6.05. The largest absolute Gasteiger partial charge is 0.423 e. The number of hydrogen-bond donors (Lipinski definition) is 0. The number of aromatic nitrogens is 2. The third-order valence-corrected chi connectivity index (χ3v) is 5.91. The quantitative estimate of drug-likeness (QED) is 0.534. The maximum absolute atomic E-state index is 6.05. The van der Waals surface area contributed by atoms with Gasteiger partial charge in [0, 0.05) is 37.2 Å². The zero-order valence-corrected chi connectivity index (χ0v) is 15.3. The summed E-state index contributed by atoms with van der Waals surface area (Å²) >= 11 is 0. The standard InChI is InChI=1S/C22H21N3O2/c1-24-9-8-16-10-14(2-6-20(16)24)15-3-7-21-19(11-15)23-22(27-21)25-12-17-4-5-18(13-25)26-17/h2-3,6-11,17-18H,4-5,12-13H2,1H3. The molecule has 2 aromatic carbocycles. The summed E-state index contributed by atoms with van der Waals surface area (Å²) in [5.41, 5.74) is 5.35. The van der Waals surface area contributed by atoms with Crippen LogP contribution in [0.1, 0.15) is 12.8 Å². The molecule has 0 radical (unpaired) electrons. The van der Waals surface area contributed by atoms with E-state index in [1.165, 1.54) is 16.5 Å². The third-order valence-electron chi connectivity index (χ3n) is 5.91. The fraction of sp³-hybridized carbons (Fsp3) is 0.318. The maximum Gasteiger partial charge on any atom is 0.298 e. The number of aryl methyl sites for hydroxylation is 1. The highest BCUT2D eigenvalue weighted by molar-refractivity contribution is 5.88. The summed E-state index contributed by atoms with van der Waals surface area (Å²) in [5, 5.41) is 1.25. The van der Waals surface area contributed by atoms with Crippen molar-refractivity contribution in [1.82, 2.24) is 9.55 Å². The Hall–Kier alpha value is -2.79. The fourth-order valence-electron chi connectivity index (χ4n) is 4.46. The minimum absolute atomic E-state index is 0.326. The molecule has 27 heavy (non-hydrogen) atoms. The van der Waals surface area contributed by atoms with Gasteiger partial charge in [-0.3, -0.25) is 0 Å². The van der Waals surface area contributed by atoms with Gasteiger partial charge in [-0.25, -0.2) is 0 Å². The first kappa shape index (κ1) is 15.3. The molecule has 2 unspecified atom stereocenters. The lowest BCUT2D eigenvalue weighted by molar-refractivity contribution is 0.0289. The minimum atomic E-state index is 0.326. The van der Waals surface area contributed by atoms with Crippen molar-refractivity contribution in [2.75, 3.05) is 18.0 Å². The van der Waals surface area contributed by atoms with Crippen LogP contribution < -0.4 is 4.90 Å². The van der Waals surface area contributed by atoms with Gasteiger partial charge in [-0.2, -0.15) is 4.98 Å². The van der Waals surface area contributed by atoms with Crippen molar-refractivity contribution in [3.8, 4) is 11.1 Å². The smallest absolute Gasteiger partial charge is 0.298 e. The predicted molar refractivity (Wildman–Crippen MR) is 106 cm³/mol. The van der Waals surface area contributed by atoms with Crippen molar-refractivity contribution in [1.29, 1.82) is 0 Å². The van der Waals surface area contributed by atoms with E-state index in [0.29, 0.717) is 12.2 Å². The molecule has 0 aliphatic carbocycles. The van der Waals surface area contributed by atoms with Crippen LogP contribution >= 0.6 is 0 Å². The van der Waals surface area contributed by atoms with E-state index in [0.717, 1.165) is 48.6 Å². The van der Waals surface area contributed by atoms with Gasteiger partial charge in [-0.05, 0) is 54.3 Å². The average molecular weight is 359 g/mol. The first-order chi connectivity index (χ1) is 13.2. The molecule has 5 heteroatoms. The monoisotopic (exact) mass is 359 g/mol. The zero-order valence-electron chi connectivity index (χ0n) is 15.3. The molecular weight excluding hydrogens is 338 g/mol. The number of morpholine rings is 1. The van der Waals surface area contributed by atoms with E-state index < -0.39 is 0 Å². The van der Waals surface area contributed by atoms with Crippen LogP contribution in [-0.2, 0) is 11.8 Å². The van der Waals surface area contributed by atoms with Crippen LogP contribution in [0.2, 0.25) is 0 Å². The highest BCUT2D eigenvalue weighted by atomic mass is 16.5. The van der Waals surface area contributed by atoms with Crippen molar-refractivity contribution < 1.29 is 9.15 Å². The Balaban J connectivity index is 1.37. The Morgan fingerprint density at radius 2 is 1.74 bits per heavy atom. The number of fused-ring (bicyclic) bond motifs is 4. The van der Waals surface area contributed by atoms with Gasteiger partial charge < -0.3 is 18.6 Å². The SMILES string of the molecule is Cn1ccc2cc(-c3ccc4oc(N5CC6CCC(C5)O6)nc4c3)ccc21. The summed E-state index contributed by atoms with van der Waals surface area (Å²) in [6, 6.07) is 15.7. The molecular formula is C22H21N3O2. The van der Waals surface area contributed by atoms with Gasteiger partial charge in [-0.1, -0.05) is 12.1 Å². The predicted octanol–water partition coefficient (Wildman–Crippen LogP) is 4.35. The summed E-state index contributed by atoms with van der Waals surface area (Å²) in [6.45, 7) is 1.75. The number of ether oxygens (including phenoxy) is 1. The third kappa shape index (κ3) is 2.46. The van der Waals surface area contributed by atoms with E-state index in [1.54, 1.807) is 0 Å². The molecule has 0 spiro atoms. The molecule has 0 saturated carbocycles. The van der Waals surface area contributed by atoms with Crippen LogP contribution in [0.5, 0.6) is 0 Å². The van der Waals surface area contributed by atoms with Crippen molar-refractivity contribution >= 4 is 28.0 Å². The van der Waals surface area contributed by atoms with Gasteiger partial charge in [0.25, 0.3) is 6.01 Å². The molecule has 5 nitrogen and oxygen atoms in total. The van der Waals surface area contributed by atoms with E-state index in [9.17, 15) is 0 Å². The fourth-order valence-corrected chi connectivity index (χ4v) is 4.46. The molecule has 6 rings (SSSR count). The number of rotatable bonds is 2. The van der Waals surface area contributed by atoms with Gasteiger partial charge in [0.1, 0.15) is 5.52 Å². The number of oxazole rings is 1. The number of anilines is 1. The van der Waals surface area contributed by atoms with E-state index in [2.05, 4.69) is 59.1 Å². The molecule has 2 aliphatic heterocycles. The lowest BCUT2D eigenvalue weighted by Crippen LogP contribution is -2.42. The Morgan fingerprint density at radius 1 is 0.963 bits per heavy atom. The Bertz CT molecular complexity index is 1150. The first-order valence-electron chi connectivity index (χ1n) is 9.59. The van der Waals surface area contributed by atoms with Crippen LogP contribution in [0.25, 0.3) is 33.1 Å². The molecule has 4 aromatic rings. The minimum Gasteiger partial charge on any atom is -0.423 e. The summed E-state index contributed by atoms with van der Waals surface area (Å²) < 4.78 is 14.1. The van der Waals surface area contributed by atoms with Gasteiger partial charge in [0.2, 0.25) is 0 Å². The molecule has 2 fully saturated rings. The second-order valence-electron chi connectivity index (χ2n) is 7.74. The van der Waals surface area contributed by atoms with Crippen LogP contribution in [0, 0.1) is 0 Å². The molecule has 0 N–H and O–H groups in total. The Labute approximate surface area is 157 Å². The topological polar surface area (TPSA) is 43.4 Å². The highest BCUT2D eigenvalue weighted by Crippen LogP contribution is 2.33. The lowest BCUT2D eigenvalue weighted by atomic mass is 10.0. The van der Waals surface area contributed by atoms with E-state index in [4.69, 9.17) is 14.1 Å². The molecule has 2 bridgehead atoms. The molecule has 2 aliphatic rings. The number of hydrogen-bond acceptors (Lipinski definition) is 4. The molecule has 2 atom stereocenters. The van der Waals surface area contributed by atoms with Crippen molar-refractivity contribution in [3.05, 3.63) is 48.7 Å². The summed E-state index contributed by atoms with van der Waals surface area (Å²) in [6.07, 6.45) is 5.04. The van der Waals surface area contributed by atoms with Crippen LogP contribution in [-0.4, -0.2) is 34.8 Å². The number of nitrogens with zero attached hydrogens (tertiary/aromatic N) is 3. The van der Waals surface area contributed by atoms with Gasteiger partial charge >= 0.3 is 0 Å². The Morgan fingerprint density at radius 3 is 2.59 bits per heavy atom. The Kier molecular flexibility index (Phi) is 3.17. The van der Waals surface area contributed by atoms with E-state index in [-0.39, 0.29) is 0 Å². The zero-order chi connectivity index (χ0) is 18.0. The molecule has 0 amide bonds. The first-order valence-corrected chi connectivity index (χ1v) is 9.59. The number of benzene rings is 2. The van der Waals surface area contributed by atoms with Crippen LogP contribution in [0.3, 0.4) is 0 Å². The second kappa shape index (κ2) is 5.60. The highest BCUT2D eigenvalue weighted by Gasteiger charge is 2.35. The molecule has 136 valence electrons. The molecule has 4 heterocycles. The second-order valence-corrected chi connectivity index (χ2v) is 7.74. The normalized spacial score (nSPS) is 22.2. The molecule has 2 saturated heterocycles. The van der Waals surface area contributed by atoms with E-state index in [1.807, 2.05) is 6.07 Å².